The summed E-state index contributed by atoms with van der Waals surface area (Å²) >= 11 is 0. The second-order valence-corrected chi connectivity index (χ2v) is 4.23. The molecule has 19 heavy (non-hydrogen) atoms. The van der Waals surface area contributed by atoms with Crippen molar-refractivity contribution >= 4 is 11.9 Å². The molecule has 0 aliphatic rings. The van der Waals surface area contributed by atoms with E-state index in [2.05, 4.69) is 4.74 Å². The van der Waals surface area contributed by atoms with Crippen molar-refractivity contribution in [3.63, 3.8) is 0 Å². The minimum Gasteiger partial charge on any atom is -0.508 e. The van der Waals surface area contributed by atoms with Crippen LogP contribution in [0.25, 0.3) is 0 Å². The van der Waals surface area contributed by atoms with Crippen LogP contribution in [0.3, 0.4) is 0 Å². The predicted molar refractivity (Wildman–Crippen MR) is 70.7 cm³/mol. The van der Waals surface area contributed by atoms with Gasteiger partial charge in [-0.15, -0.1) is 0 Å². The molecule has 0 aromatic heterocycles. The number of phenols is 1. The number of esters is 1. The van der Waals surface area contributed by atoms with Crippen LogP contribution in [-0.4, -0.2) is 42.1 Å². The molecule has 1 aromatic rings. The van der Waals surface area contributed by atoms with Gasteiger partial charge in [-0.2, -0.15) is 0 Å². The van der Waals surface area contributed by atoms with Crippen molar-refractivity contribution in [2.24, 2.45) is 0 Å². The van der Waals surface area contributed by atoms with Gasteiger partial charge in [0, 0.05) is 6.54 Å². The van der Waals surface area contributed by atoms with Crippen molar-refractivity contribution in [2.75, 3.05) is 20.2 Å². The maximum Gasteiger partial charge on any atom is 0.325 e. The van der Waals surface area contributed by atoms with Gasteiger partial charge >= 0.3 is 5.97 Å². The minimum absolute atomic E-state index is 0.0265. The minimum atomic E-state index is -0.424. The van der Waals surface area contributed by atoms with E-state index < -0.39 is 5.97 Å². The van der Waals surface area contributed by atoms with Gasteiger partial charge in [-0.25, -0.2) is 0 Å². The molecule has 0 bridgehead atoms. The van der Waals surface area contributed by atoms with E-state index in [1.165, 1.54) is 24.1 Å². The van der Waals surface area contributed by atoms with Crippen LogP contribution in [0, 0.1) is 0 Å². The number of aromatic hydroxyl groups is 1. The van der Waals surface area contributed by atoms with Crippen LogP contribution < -0.4 is 0 Å². The third-order valence-corrected chi connectivity index (χ3v) is 2.69. The molecule has 0 spiro atoms. The lowest BCUT2D eigenvalue weighted by Gasteiger charge is -2.20. The molecule has 0 unspecified atom stereocenters. The predicted octanol–water partition coefficient (Wildman–Crippen LogP) is 1.35. The number of benzene rings is 1. The molecule has 1 rings (SSSR count). The molecule has 1 aromatic carbocycles. The fourth-order valence-electron chi connectivity index (χ4n) is 1.68. The molecule has 104 valence electrons. The first kappa shape index (κ1) is 15.0. The summed E-state index contributed by atoms with van der Waals surface area (Å²) in [5.41, 5.74) is 0.800. The van der Waals surface area contributed by atoms with Gasteiger partial charge in [0.15, 0.2) is 0 Å². The van der Waals surface area contributed by atoms with E-state index in [0.717, 1.165) is 12.0 Å². The third kappa shape index (κ3) is 4.99. The quantitative estimate of drug-likeness (QED) is 0.788. The number of rotatable bonds is 6. The van der Waals surface area contributed by atoms with E-state index in [4.69, 9.17) is 0 Å². The first-order chi connectivity index (χ1) is 9.06. The number of hydrogen-bond acceptors (Lipinski definition) is 4. The highest BCUT2D eigenvalue weighted by molar-refractivity contribution is 5.83. The molecule has 1 N–H and O–H groups in total. The SMILES string of the molecule is CCCN(CC(=O)OC)C(=O)Cc1ccc(O)cc1. The second kappa shape index (κ2) is 7.41. The third-order valence-electron chi connectivity index (χ3n) is 2.69. The van der Waals surface area contributed by atoms with E-state index in [-0.39, 0.29) is 24.6 Å². The molecule has 0 aliphatic carbocycles. The van der Waals surface area contributed by atoms with Crippen LogP contribution >= 0.6 is 0 Å². The zero-order valence-electron chi connectivity index (χ0n) is 11.3. The molecular weight excluding hydrogens is 246 g/mol. The molecule has 5 heteroatoms. The summed E-state index contributed by atoms with van der Waals surface area (Å²) in [5, 5.41) is 9.18. The average Bonchev–Trinajstić information content (AvgIpc) is 2.40. The largest absolute Gasteiger partial charge is 0.508 e. The molecule has 0 radical (unpaired) electrons. The maximum atomic E-state index is 12.1. The molecule has 0 atom stereocenters. The Kier molecular flexibility index (Phi) is 5.85. The zero-order chi connectivity index (χ0) is 14.3. The van der Waals surface area contributed by atoms with Gasteiger partial charge in [0.25, 0.3) is 0 Å². The van der Waals surface area contributed by atoms with Gasteiger partial charge in [0.1, 0.15) is 12.3 Å². The Labute approximate surface area is 112 Å². The van der Waals surface area contributed by atoms with E-state index in [1.807, 2.05) is 6.92 Å². The summed E-state index contributed by atoms with van der Waals surface area (Å²) in [4.78, 5) is 24.8. The van der Waals surface area contributed by atoms with Gasteiger partial charge in [-0.05, 0) is 24.1 Å². The molecule has 0 aliphatic heterocycles. The summed E-state index contributed by atoms with van der Waals surface area (Å²) in [6.07, 6.45) is 0.982. The van der Waals surface area contributed by atoms with Crippen molar-refractivity contribution in [1.29, 1.82) is 0 Å². The lowest BCUT2D eigenvalue weighted by Crippen LogP contribution is -2.37. The lowest BCUT2D eigenvalue weighted by atomic mass is 10.1. The highest BCUT2D eigenvalue weighted by Crippen LogP contribution is 2.11. The Bertz CT molecular complexity index is 428. The summed E-state index contributed by atoms with van der Waals surface area (Å²) in [6, 6.07) is 6.45. The number of nitrogens with zero attached hydrogens (tertiary/aromatic N) is 1. The van der Waals surface area contributed by atoms with E-state index in [1.54, 1.807) is 12.1 Å². The van der Waals surface area contributed by atoms with E-state index in [0.29, 0.717) is 6.54 Å². The Morgan fingerprint density at radius 3 is 2.42 bits per heavy atom. The van der Waals surface area contributed by atoms with Crippen molar-refractivity contribution in [1.82, 2.24) is 4.90 Å². The molecule has 5 nitrogen and oxygen atoms in total. The van der Waals surface area contributed by atoms with E-state index in [9.17, 15) is 14.7 Å². The normalized spacial score (nSPS) is 10.0. The Morgan fingerprint density at radius 1 is 1.26 bits per heavy atom. The molecule has 1 amide bonds. The molecular formula is C14H19NO4. The average molecular weight is 265 g/mol. The molecule has 0 heterocycles. The highest BCUT2D eigenvalue weighted by Gasteiger charge is 2.16. The monoisotopic (exact) mass is 265 g/mol. The Morgan fingerprint density at radius 2 is 1.89 bits per heavy atom. The van der Waals surface area contributed by atoms with Gasteiger partial charge in [-0.1, -0.05) is 19.1 Å². The highest BCUT2D eigenvalue weighted by atomic mass is 16.5. The Hall–Kier alpha value is -2.04. The number of ether oxygens (including phenoxy) is 1. The van der Waals surface area contributed by atoms with Crippen molar-refractivity contribution < 1.29 is 19.4 Å². The molecule has 0 fully saturated rings. The van der Waals surface area contributed by atoms with Crippen molar-refractivity contribution in [3.05, 3.63) is 29.8 Å². The fraction of sp³-hybridized carbons (Fsp3) is 0.429. The second-order valence-electron chi connectivity index (χ2n) is 4.23. The standard InChI is InChI=1S/C14H19NO4/c1-3-8-15(10-14(18)19-2)13(17)9-11-4-6-12(16)7-5-11/h4-7,16H,3,8-10H2,1-2H3. The number of carbonyl (C=O) groups is 2. The Balaban J connectivity index is 2.65. The number of amides is 1. The number of methoxy groups -OCH3 is 1. The van der Waals surface area contributed by atoms with Crippen LogP contribution in [0.2, 0.25) is 0 Å². The number of carbonyl (C=O) groups excluding carboxylic acids is 2. The maximum absolute atomic E-state index is 12.1. The number of hydrogen-bond donors (Lipinski definition) is 1. The van der Waals surface area contributed by atoms with Gasteiger partial charge in [-0.3, -0.25) is 9.59 Å². The van der Waals surface area contributed by atoms with Crippen LogP contribution in [0.5, 0.6) is 5.75 Å². The first-order valence-electron chi connectivity index (χ1n) is 6.19. The van der Waals surface area contributed by atoms with E-state index >= 15 is 0 Å². The fourth-order valence-corrected chi connectivity index (χ4v) is 1.68. The summed E-state index contributed by atoms with van der Waals surface area (Å²) in [7, 11) is 1.30. The van der Waals surface area contributed by atoms with Crippen molar-refractivity contribution in [3.8, 4) is 5.75 Å². The smallest absolute Gasteiger partial charge is 0.325 e. The van der Waals surface area contributed by atoms with Gasteiger partial charge in [0.2, 0.25) is 5.91 Å². The van der Waals surface area contributed by atoms with Crippen LogP contribution in [0.4, 0.5) is 0 Å². The molecule has 0 saturated carbocycles. The van der Waals surface area contributed by atoms with Crippen LogP contribution in [-0.2, 0) is 20.7 Å². The summed E-state index contributed by atoms with van der Waals surface area (Å²) in [6.45, 7) is 2.44. The summed E-state index contributed by atoms with van der Waals surface area (Å²) < 4.78 is 4.58. The van der Waals surface area contributed by atoms with Crippen LogP contribution in [0.1, 0.15) is 18.9 Å². The number of phenolic OH excluding ortho intramolecular Hbond substituents is 1. The summed E-state index contributed by atoms with van der Waals surface area (Å²) in [5.74, 6) is -0.387. The zero-order valence-corrected chi connectivity index (χ0v) is 11.3. The van der Waals surface area contributed by atoms with Gasteiger partial charge in [0.05, 0.1) is 13.5 Å². The van der Waals surface area contributed by atoms with Gasteiger partial charge < -0.3 is 14.7 Å². The molecule has 0 saturated heterocycles. The first-order valence-corrected chi connectivity index (χ1v) is 6.19. The topological polar surface area (TPSA) is 66.8 Å². The lowest BCUT2D eigenvalue weighted by molar-refractivity contribution is -0.146. The van der Waals surface area contributed by atoms with Crippen molar-refractivity contribution in [2.45, 2.75) is 19.8 Å². The van der Waals surface area contributed by atoms with Crippen LogP contribution in [0.15, 0.2) is 24.3 Å².